The number of carbonyl (C=O) groups excluding carboxylic acids is 1. The fourth-order valence-electron chi connectivity index (χ4n) is 4.36. The first-order valence-corrected chi connectivity index (χ1v) is 10.6. The molecule has 0 aromatic heterocycles. The number of aryl methyl sites for hydroxylation is 1. The van der Waals surface area contributed by atoms with E-state index in [1.807, 2.05) is 0 Å². The Morgan fingerprint density at radius 1 is 1.15 bits per heavy atom. The molecule has 148 valence electrons. The predicted octanol–water partition coefficient (Wildman–Crippen LogP) is 6.66. The van der Waals surface area contributed by atoms with Crippen molar-refractivity contribution in [2.24, 2.45) is 11.8 Å². The van der Waals surface area contributed by atoms with Crippen LogP contribution in [0.1, 0.15) is 72.3 Å². The number of carbonyl (C=O) groups is 1. The molecule has 0 N–H and O–H groups in total. The number of benzene rings is 1. The molecule has 2 nitrogen and oxygen atoms in total. The molecule has 0 bridgehead atoms. The summed E-state index contributed by atoms with van der Waals surface area (Å²) < 4.78 is 5.86. The zero-order valence-corrected chi connectivity index (χ0v) is 17.8. The van der Waals surface area contributed by atoms with E-state index in [0.717, 1.165) is 19.3 Å². The SMILES string of the molecule is CCCCCC1=C(C)[C@@H](C(C)C)[C@H](OC(C)=O)/C1=C/CCc1ccccc1. The van der Waals surface area contributed by atoms with E-state index < -0.39 is 0 Å². The van der Waals surface area contributed by atoms with Gasteiger partial charge in [-0.25, -0.2) is 0 Å². The molecule has 0 heterocycles. The number of rotatable bonds is 9. The van der Waals surface area contributed by atoms with Gasteiger partial charge in [0.05, 0.1) is 0 Å². The molecule has 2 rings (SSSR count). The second-order valence-corrected chi connectivity index (χ2v) is 8.10. The highest BCUT2D eigenvalue weighted by Gasteiger charge is 2.39. The Morgan fingerprint density at radius 3 is 2.44 bits per heavy atom. The van der Waals surface area contributed by atoms with Gasteiger partial charge in [-0.05, 0) is 55.2 Å². The molecule has 0 saturated carbocycles. The van der Waals surface area contributed by atoms with E-state index in [9.17, 15) is 4.79 Å². The monoisotopic (exact) mass is 368 g/mol. The van der Waals surface area contributed by atoms with Crippen LogP contribution in [-0.4, -0.2) is 12.1 Å². The minimum absolute atomic E-state index is 0.116. The summed E-state index contributed by atoms with van der Waals surface area (Å²) in [6.45, 7) is 10.5. The van der Waals surface area contributed by atoms with Crippen LogP contribution in [0.4, 0.5) is 0 Å². The fourth-order valence-corrected chi connectivity index (χ4v) is 4.36. The largest absolute Gasteiger partial charge is 0.457 e. The van der Waals surface area contributed by atoms with Crippen molar-refractivity contribution in [2.75, 3.05) is 0 Å². The highest BCUT2D eigenvalue weighted by Crippen LogP contribution is 2.44. The summed E-state index contributed by atoms with van der Waals surface area (Å²) in [6, 6.07) is 10.6. The van der Waals surface area contributed by atoms with Crippen LogP contribution in [0.5, 0.6) is 0 Å². The van der Waals surface area contributed by atoms with Gasteiger partial charge in [-0.1, -0.05) is 75.6 Å². The number of unbranched alkanes of at least 4 members (excludes halogenated alkanes) is 2. The summed E-state index contributed by atoms with van der Waals surface area (Å²) >= 11 is 0. The summed E-state index contributed by atoms with van der Waals surface area (Å²) in [5.74, 6) is 0.575. The van der Waals surface area contributed by atoms with Crippen molar-refractivity contribution in [3.8, 4) is 0 Å². The summed E-state index contributed by atoms with van der Waals surface area (Å²) in [7, 11) is 0. The Balaban J connectivity index is 2.26. The predicted molar refractivity (Wildman–Crippen MR) is 114 cm³/mol. The van der Waals surface area contributed by atoms with Crippen molar-refractivity contribution in [1.29, 1.82) is 0 Å². The zero-order chi connectivity index (χ0) is 19.8. The quantitative estimate of drug-likeness (QED) is 0.360. The van der Waals surface area contributed by atoms with Crippen LogP contribution in [0.2, 0.25) is 0 Å². The Hall–Kier alpha value is -1.83. The Kier molecular flexibility index (Phi) is 8.34. The van der Waals surface area contributed by atoms with E-state index in [1.54, 1.807) is 0 Å². The standard InChI is InChI=1S/C25H36O2/c1-6-7-9-16-22-19(4)24(18(2)3)25(27-20(5)26)23(22)17-12-15-21-13-10-8-11-14-21/h8,10-11,13-14,17-18,24-25H,6-7,9,12,15-16H2,1-5H3/b23-17+/t24-,25-/m1/s1. The third-order valence-corrected chi connectivity index (χ3v) is 5.64. The first-order valence-electron chi connectivity index (χ1n) is 10.6. The molecule has 2 atom stereocenters. The molecule has 1 aliphatic carbocycles. The molecule has 0 unspecified atom stereocenters. The molecule has 1 aliphatic rings. The lowest BCUT2D eigenvalue weighted by Gasteiger charge is -2.25. The summed E-state index contributed by atoms with van der Waals surface area (Å²) in [4.78, 5) is 11.8. The van der Waals surface area contributed by atoms with Crippen LogP contribution in [0, 0.1) is 11.8 Å². The summed E-state index contributed by atoms with van der Waals surface area (Å²) in [6.07, 6.45) is 8.99. The molecular formula is C25H36O2. The van der Waals surface area contributed by atoms with Crippen LogP contribution >= 0.6 is 0 Å². The Morgan fingerprint density at radius 2 is 1.85 bits per heavy atom. The molecule has 0 spiro atoms. The highest BCUT2D eigenvalue weighted by molar-refractivity contribution is 5.67. The topological polar surface area (TPSA) is 26.3 Å². The van der Waals surface area contributed by atoms with Crippen molar-refractivity contribution >= 4 is 5.97 Å². The van der Waals surface area contributed by atoms with Crippen LogP contribution in [0.15, 0.2) is 53.1 Å². The van der Waals surface area contributed by atoms with Gasteiger partial charge in [-0.3, -0.25) is 4.79 Å². The lowest BCUT2D eigenvalue weighted by molar-refractivity contribution is -0.146. The first kappa shape index (κ1) is 21.5. The van der Waals surface area contributed by atoms with Gasteiger partial charge < -0.3 is 4.74 Å². The van der Waals surface area contributed by atoms with Gasteiger partial charge in [-0.2, -0.15) is 0 Å². The van der Waals surface area contributed by atoms with E-state index in [4.69, 9.17) is 4.74 Å². The second-order valence-electron chi connectivity index (χ2n) is 8.10. The smallest absolute Gasteiger partial charge is 0.303 e. The summed E-state index contributed by atoms with van der Waals surface area (Å²) in [5.41, 5.74) is 5.50. The second kappa shape index (κ2) is 10.5. The lowest BCUT2D eigenvalue weighted by atomic mass is 9.87. The normalized spacial score (nSPS) is 21.3. The average molecular weight is 369 g/mol. The maximum Gasteiger partial charge on any atom is 0.303 e. The molecule has 2 heteroatoms. The van der Waals surface area contributed by atoms with Crippen molar-refractivity contribution < 1.29 is 9.53 Å². The molecule has 1 aromatic carbocycles. The van der Waals surface area contributed by atoms with E-state index in [0.29, 0.717) is 11.8 Å². The van der Waals surface area contributed by atoms with E-state index >= 15 is 0 Å². The lowest BCUT2D eigenvalue weighted by Crippen LogP contribution is -2.28. The highest BCUT2D eigenvalue weighted by atomic mass is 16.5. The molecule has 27 heavy (non-hydrogen) atoms. The van der Waals surface area contributed by atoms with Gasteiger partial charge in [0.1, 0.15) is 6.10 Å². The van der Waals surface area contributed by atoms with Gasteiger partial charge in [0, 0.05) is 12.8 Å². The minimum Gasteiger partial charge on any atom is -0.457 e. The number of esters is 1. The average Bonchev–Trinajstić information content (AvgIpc) is 2.87. The minimum atomic E-state index is -0.179. The van der Waals surface area contributed by atoms with Crippen molar-refractivity contribution in [2.45, 2.75) is 79.2 Å². The van der Waals surface area contributed by atoms with Gasteiger partial charge >= 0.3 is 5.97 Å². The van der Waals surface area contributed by atoms with Crippen LogP contribution in [0.25, 0.3) is 0 Å². The van der Waals surface area contributed by atoms with Gasteiger partial charge in [0.15, 0.2) is 0 Å². The molecular weight excluding hydrogens is 332 g/mol. The van der Waals surface area contributed by atoms with Crippen LogP contribution < -0.4 is 0 Å². The van der Waals surface area contributed by atoms with E-state index in [2.05, 4.69) is 64.1 Å². The molecule has 0 saturated heterocycles. The summed E-state index contributed by atoms with van der Waals surface area (Å²) in [5, 5.41) is 0. The fraction of sp³-hybridized carbons (Fsp3) is 0.560. The molecule has 0 aliphatic heterocycles. The van der Waals surface area contributed by atoms with Gasteiger partial charge in [-0.15, -0.1) is 0 Å². The van der Waals surface area contributed by atoms with E-state index in [1.165, 1.54) is 48.5 Å². The van der Waals surface area contributed by atoms with Crippen LogP contribution in [0.3, 0.4) is 0 Å². The Labute approximate surface area is 165 Å². The molecule has 0 amide bonds. The van der Waals surface area contributed by atoms with Crippen molar-refractivity contribution in [3.63, 3.8) is 0 Å². The van der Waals surface area contributed by atoms with Crippen molar-refractivity contribution in [1.82, 2.24) is 0 Å². The number of allylic oxidation sites excluding steroid dienone is 1. The van der Waals surface area contributed by atoms with Gasteiger partial charge in [0.25, 0.3) is 0 Å². The molecule has 1 aromatic rings. The van der Waals surface area contributed by atoms with Crippen LogP contribution in [-0.2, 0) is 16.0 Å². The maximum atomic E-state index is 11.8. The molecule has 0 fully saturated rings. The zero-order valence-electron chi connectivity index (χ0n) is 17.8. The third-order valence-electron chi connectivity index (χ3n) is 5.64. The Bertz CT molecular complexity index is 667. The third kappa shape index (κ3) is 5.82. The van der Waals surface area contributed by atoms with Crippen molar-refractivity contribution in [3.05, 3.63) is 58.7 Å². The number of hydrogen-bond donors (Lipinski definition) is 0. The molecule has 0 radical (unpaired) electrons. The number of hydrogen-bond acceptors (Lipinski definition) is 2. The maximum absolute atomic E-state index is 11.8. The number of ether oxygens (including phenoxy) is 1. The first-order chi connectivity index (χ1) is 13.0. The van der Waals surface area contributed by atoms with Gasteiger partial charge in [0.2, 0.25) is 0 Å². The van der Waals surface area contributed by atoms with E-state index in [-0.39, 0.29) is 12.1 Å².